The molecule has 0 radical (unpaired) electrons. The minimum Gasteiger partial charge on any atom is -0.363 e. The summed E-state index contributed by atoms with van der Waals surface area (Å²) in [5.41, 5.74) is 3.72. The van der Waals surface area contributed by atoms with Crippen LogP contribution in [0.15, 0.2) is 0 Å². The first kappa shape index (κ1) is 37.8. The van der Waals surface area contributed by atoms with Gasteiger partial charge in [-0.1, -0.05) is 74.7 Å². The van der Waals surface area contributed by atoms with Gasteiger partial charge >= 0.3 is 6.03 Å². The number of hydrogen-bond donors (Lipinski definition) is 4. The molecule has 3 aliphatic rings. The molecule has 0 aromatic heterocycles. The van der Waals surface area contributed by atoms with E-state index in [1.165, 1.54) is 4.90 Å². The molecule has 5 N–H and O–H groups in total. The average molecular weight is 668 g/mol. The third kappa shape index (κ3) is 8.05. The third-order valence-corrected chi connectivity index (χ3v) is 13.1. The summed E-state index contributed by atoms with van der Waals surface area (Å²) in [7, 11) is -3.58. The van der Waals surface area contributed by atoms with Crippen LogP contribution >= 0.6 is 0 Å². The molecule has 6 atom stereocenters. The molecular weight excluding hydrogens is 610 g/mol. The second-order valence-corrected chi connectivity index (χ2v) is 20.2. The van der Waals surface area contributed by atoms with Crippen LogP contribution in [0.4, 0.5) is 4.79 Å². The van der Waals surface area contributed by atoms with Crippen LogP contribution in [0, 0.1) is 34.0 Å². The van der Waals surface area contributed by atoms with Crippen molar-refractivity contribution in [3.63, 3.8) is 0 Å². The Morgan fingerprint density at radius 2 is 1.46 bits per heavy atom. The highest BCUT2D eigenvalue weighted by molar-refractivity contribution is 7.92. The molecule has 13 heteroatoms. The number of nitrogens with two attached hydrogens (primary N) is 1. The van der Waals surface area contributed by atoms with E-state index in [2.05, 4.69) is 16.0 Å². The largest absolute Gasteiger partial charge is 0.363 e. The van der Waals surface area contributed by atoms with Gasteiger partial charge in [0.15, 0.2) is 9.84 Å². The summed E-state index contributed by atoms with van der Waals surface area (Å²) in [6.45, 7) is 20.1. The highest BCUT2D eigenvalue weighted by Gasteiger charge is 2.70. The van der Waals surface area contributed by atoms with Crippen LogP contribution in [0.3, 0.4) is 0 Å². The standard InChI is InChI=1S/C33H57N5O7S/c1-30(2,3)21(17-46(44,45)32(7,8)9)36-29(43)37-25(31(4,5)6)28(42)38-16-19-22(33(19,10)11)23(38)27(41)35-20(24(39)26(34)40)15-18-13-12-14-18/h18-23,25H,12-17H2,1-11H3,(H2,34,40)(H,35,41)(H2,36,37,43)/t19-,20?,21+,22-,23-,25+/m0/s1. The van der Waals surface area contributed by atoms with E-state index in [-0.39, 0.29) is 28.9 Å². The Labute approximate surface area is 275 Å². The zero-order valence-corrected chi connectivity index (χ0v) is 30.4. The molecule has 0 spiro atoms. The van der Waals surface area contributed by atoms with E-state index >= 15 is 0 Å². The quantitative estimate of drug-likeness (QED) is 0.244. The Morgan fingerprint density at radius 3 is 1.89 bits per heavy atom. The molecule has 5 amide bonds. The smallest absolute Gasteiger partial charge is 0.315 e. The van der Waals surface area contributed by atoms with Crippen LogP contribution in [-0.2, 0) is 29.0 Å². The number of carbonyl (C=O) groups excluding carboxylic acids is 5. The number of rotatable bonds is 11. The highest BCUT2D eigenvalue weighted by Crippen LogP contribution is 2.65. The van der Waals surface area contributed by atoms with Crippen molar-refractivity contribution >= 4 is 39.4 Å². The summed E-state index contributed by atoms with van der Waals surface area (Å²) in [4.78, 5) is 67.7. The van der Waals surface area contributed by atoms with E-state index in [1.54, 1.807) is 41.5 Å². The molecule has 0 aromatic carbocycles. The van der Waals surface area contributed by atoms with Crippen LogP contribution in [0.2, 0.25) is 0 Å². The number of nitrogens with one attached hydrogen (secondary N) is 3. The lowest BCUT2D eigenvalue weighted by Crippen LogP contribution is -2.62. The molecule has 46 heavy (non-hydrogen) atoms. The number of hydrogen-bond acceptors (Lipinski definition) is 7. The number of nitrogens with zero attached hydrogens (tertiary/aromatic N) is 1. The number of urea groups is 1. The molecule has 3 rings (SSSR count). The molecule has 0 bridgehead atoms. The maximum atomic E-state index is 14.3. The number of sulfone groups is 1. The minimum absolute atomic E-state index is 0.0476. The van der Waals surface area contributed by atoms with Gasteiger partial charge in [0.25, 0.3) is 5.91 Å². The van der Waals surface area contributed by atoms with E-state index in [0.29, 0.717) is 13.0 Å². The van der Waals surface area contributed by atoms with Crippen LogP contribution in [0.25, 0.3) is 0 Å². The number of carbonyl (C=O) groups is 5. The first-order valence-electron chi connectivity index (χ1n) is 16.4. The second kappa shape index (κ2) is 12.7. The Hall–Kier alpha value is -2.70. The second-order valence-electron chi connectivity index (χ2n) is 17.4. The normalized spacial score (nSPS) is 24.9. The molecule has 3 fully saturated rings. The minimum atomic E-state index is -3.58. The van der Waals surface area contributed by atoms with Gasteiger partial charge in [0.2, 0.25) is 17.6 Å². The Balaban J connectivity index is 1.85. The fourth-order valence-electron chi connectivity index (χ4n) is 6.66. The predicted molar refractivity (Wildman–Crippen MR) is 176 cm³/mol. The zero-order valence-electron chi connectivity index (χ0n) is 29.6. The van der Waals surface area contributed by atoms with Gasteiger partial charge in [-0.05, 0) is 61.2 Å². The van der Waals surface area contributed by atoms with Gasteiger partial charge < -0.3 is 26.6 Å². The Morgan fingerprint density at radius 1 is 0.891 bits per heavy atom. The summed E-state index contributed by atoms with van der Waals surface area (Å²) in [5.74, 6) is -3.10. The van der Waals surface area contributed by atoms with Crippen molar-refractivity contribution in [3.05, 3.63) is 0 Å². The fourth-order valence-corrected chi connectivity index (χ4v) is 8.18. The van der Waals surface area contributed by atoms with Crippen molar-refractivity contribution < 1.29 is 32.4 Å². The topological polar surface area (TPSA) is 185 Å². The maximum Gasteiger partial charge on any atom is 0.315 e. The van der Waals surface area contributed by atoms with Crippen molar-refractivity contribution in [2.75, 3.05) is 12.3 Å². The maximum absolute atomic E-state index is 14.3. The molecule has 2 aliphatic carbocycles. The van der Waals surface area contributed by atoms with Crippen LogP contribution in [0.1, 0.15) is 102 Å². The van der Waals surface area contributed by atoms with E-state index in [4.69, 9.17) is 5.73 Å². The molecule has 1 heterocycles. The van der Waals surface area contributed by atoms with Gasteiger partial charge in [0.1, 0.15) is 12.1 Å². The summed E-state index contributed by atoms with van der Waals surface area (Å²) in [6, 6.07) is -4.45. The van der Waals surface area contributed by atoms with Crippen molar-refractivity contribution in [1.82, 2.24) is 20.9 Å². The molecule has 0 aromatic rings. The van der Waals surface area contributed by atoms with Crippen molar-refractivity contribution in [1.29, 1.82) is 0 Å². The van der Waals surface area contributed by atoms with Crippen LogP contribution in [-0.4, -0.2) is 84.1 Å². The van der Waals surface area contributed by atoms with Gasteiger partial charge in [-0.3, -0.25) is 19.2 Å². The summed E-state index contributed by atoms with van der Waals surface area (Å²) in [5, 5.41) is 8.39. The first-order chi connectivity index (χ1) is 20.7. The number of likely N-dealkylation sites (tertiary alicyclic amines) is 1. The van der Waals surface area contributed by atoms with E-state index in [9.17, 15) is 32.4 Å². The SMILES string of the molecule is CC(C)(C)[C@H](NC(=O)N[C@H](CS(=O)(=O)C(C)(C)C)C(C)(C)C)C(=O)N1C[C@H]2[C@@H]([C@H]1C(=O)NC(CC1CCC1)C(=O)C(N)=O)C2(C)C. The molecule has 1 aliphatic heterocycles. The van der Waals surface area contributed by atoms with Gasteiger partial charge in [-0.25, -0.2) is 13.2 Å². The lowest BCUT2D eigenvalue weighted by atomic mass is 9.80. The Kier molecular flexibility index (Phi) is 10.4. The van der Waals surface area contributed by atoms with Crippen molar-refractivity contribution in [2.24, 2.45) is 39.7 Å². The van der Waals surface area contributed by atoms with Gasteiger partial charge in [0.05, 0.1) is 16.5 Å². The first-order valence-corrected chi connectivity index (χ1v) is 18.1. The number of fused-ring (bicyclic) bond motifs is 1. The molecule has 2 saturated carbocycles. The number of ketones is 1. The van der Waals surface area contributed by atoms with Gasteiger partial charge in [-0.15, -0.1) is 0 Å². The number of amides is 5. The summed E-state index contributed by atoms with van der Waals surface area (Å²) < 4.78 is 25.1. The lowest BCUT2D eigenvalue weighted by molar-refractivity contribution is -0.145. The van der Waals surface area contributed by atoms with Crippen LogP contribution < -0.4 is 21.7 Å². The highest BCUT2D eigenvalue weighted by atomic mass is 32.2. The molecule has 262 valence electrons. The van der Waals surface area contributed by atoms with E-state index in [1.807, 2.05) is 34.6 Å². The molecule has 1 unspecified atom stereocenters. The molecule has 1 saturated heterocycles. The van der Waals surface area contributed by atoms with Crippen LogP contribution in [0.5, 0.6) is 0 Å². The van der Waals surface area contributed by atoms with Gasteiger partial charge in [0, 0.05) is 12.6 Å². The fraction of sp³-hybridized carbons (Fsp3) is 0.848. The zero-order chi connectivity index (χ0) is 35.4. The number of primary amides is 1. The third-order valence-electron chi connectivity index (χ3n) is 10.5. The summed E-state index contributed by atoms with van der Waals surface area (Å²) in [6.07, 6.45) is 3.15. The summed E-state index contributed by atoms with van der Waals surface area (Å²) >= 11 is 0. The lowest BCUT2D eigenvalue weighted by Gasteiger charge is -2.39. The predicted octanol–water partition coefficient (Wildman–Crippen LogP) is 2.54. The number of Topliss-reactive ketones (excluding diaryl/α,β-unsaturated/α-hetero) is 1. The van der Waals surface area contributed by atoms with Crippen molar-refractivity contribution in [3.8, 4) is 0 Å². The molecular formula is C33H57N5O7S. The van der Waals surface area contributed by atoms with Gasteiger partial charge in [-0.2, -0.15) is 0 Å². The van der Waals surface area contributed by atoms with E-state index in [0.717, 1.165) is 19.3 Å². The Bertz CT molecular complexity index is 1340. The van der Waals surface area contributed by atoms with Crippen molar-refractivity contribution in [2.45, 2.75) is 131 Å². The average Bonchev–Trinajstić information content (AvgIpc) is 3.18. The molecule has 12 nitrogen and oxygen atoms in total. The number of piperidine rings is 1. The monoisotopic (exact) mass is 667 g/mol. The van der Waals surface area contributed by atoms with E-state index < -0.39 is 79.1 Å².